The Bertz CT molecular complexity index is 1350. The molecule has 1 aliphatic heterocycles. The van der Waals surface area contributed by atoms with Crippen molar-refractivity contribution in [2.24, 2.45) is 0 Å². The van der Waals surface area contributed by atoms with Crippen molar-refractivity contribution in [1.29, 1.82) is 0 Å². The molecule has 1 N–H and O–H groups in total. The Labute approximate surface area is 186 Å². The lowest BCUT2D eigenvalue weighted by molar-refractivity contribution is -0.138. The summed E-state index contributed by atoms with van der Waals surface area (Å²) in [4.78, 5) is 36.7. The lowest BCUT2D eigenvalue weighted by Crippen LogP contribution is -2.44. The average Bonchev–Trinajstić information content (AvgIpc) is 3.21. The van der Waals surface area contributed by atoms with Crippen molar-refractivity contribution in [2.45, 2.75) is 52.1 Å². The van der Waals surface area contributed by atoms with E-state index in [1.165, 1.54) is 15.8 Å². The Morgan fingerprint density at radius 3 is 2.78 bits per heavy atom. The first kappa shape index (κ1) is 20.4. The first-order valence-electron chi connectivity index (χ1n) is 11.2. The van der Waals surface area contributed by atoms with Crippen LogP contribution in [0.2, 0.25) is 0 Å². The second-order valence-corrected chi connectivity index (χ2v) is 8.78. The van der Waals surface area contributed by atoms with Gasteiger partial charge in [0.15, 0.2) is 0 Å². The third kappa shape index (κ3) is 3.38. The summed E-state index contributed by atoms with van der Waals surface area (Å²) in [5.41, 5.74) is 4.07. The van der Waals surface area contributed by atoms with Crippen molar-refractivity contribution < 1.29 is 4.79 Å². The van der Waals surface area contributed by atoms with Crippen LogP contribution in [0.15, 0.2) is 47.4 Å². The number of fused-ring (bicyclic) bond motifs is 2. The van der Waals surface area contributed by atoms with Gasteiger partial charge < -0.3 is 9.88 Å². The van der Waals surface area contributed by atoms with E-state index >= 15 is 0 Å². The predicted octanol–water partition coefficient (Wildman–Crippen LogP) is 4.20. The highest BCUT2D eigenvalue weighted by atomic mass is 16.2. The Morgan fingerprint density at radius 1 is 1.16 bits per heavy atom. The van der Waals surface area contributed by atoms with Crippen LogP contribution in [0, 0.1) is 13.8 Å². The number of nitrogens with one attached hydrogen (secondary N) is 1. The van der Waals surface area contributed by atoms with E-state index in [-0.39, 0.29) is 17.5 Å². The van der Waals surface area contributed by atoms with Crippen LogP contribution in [0.5, 0.6) is 0 Å². The van der Waals surface area contributed by atoms with Gasteiger partial charge in [-0.05, 0) is 69.4 Å². The van der Waals surface area contributed by atoms with Gasteiger partial charge in [-0.25, -0.2) is 9.67 Å². The number of carbonyl (C=O) groups excluding carboxylic acids is 1. The minimum absolute atomic E-state index is 0.104. The fraction of sp³-hybridized carbons (Fsp3) is 0.360. The van der Waals surface area contributed by atoms with Crippen LogP contribution in [0.3, 0.4) is 0 Å². The molecule has 1 aliphatic rings. The van der Waals surface area contributed by atoms with E-state index < -0.39 is 6.04 Å². The van der Waals surface area contributed by atoms with E-state index in [1.807, 2.05) is 23.1 Å². The SMILES string of the molecule is Cc1cc2nc(C3CCCCN3C(=O)C(C)n3ncc4ccccc4c3=O)[nH]c2cc1C. The molecule has 5 rings (SSSR count). The maximum Gasteiger partial charge on any atom is 0.275 e. The number of nitrogens with zero attached hydrogens (tertiary/aromatic N) is 4. The van der Waals surface area contributed by atoms with Crippen molar-refractivity contribution >= 4 is 27.7 Å². The lowest BCUT2D eigenvalue weighted by Gasteiger charge is -2.36. The van der Waals surface area contributed by atoms with E-state index in [9.17, 15) is 9.59 Å². The summed E-state index contributed by atoms with van der Waals surface area (Å²) in [6.45, 7) is 6.56. The number of hydrogen-bond donors (Lipinski definition) is 1. The van der Waals surface area contributed by atoms with Gasteiger partial charge in [-0.2, -0.15) is 5.10 Å². The largest absolute Gasteiger partial charge is 0.340 e. The van der Waals surface area contributed by atoms with E-state index in [4.69, 9.17) is 4.98 Å². The number of likely N-dealkylation sites (tertiary alicyclic amines) is 1. The number of aromatic amines is 1. The second kappa shape index (κ2) is 7.89. The monoisotopic (exact) mass is 429 g/mol. The number of H-pyrrole nitrogens is 1. The first-order valence-corrected chi connectivity index (χ1v) is 11.2. The molecule has 0 saturated carbocycles. The van der Waals surface area contributed by atoms with Gasteiger partial charge in [-0.3, -0.25) is 9.59 Å². The van der Waals surface area contributed by atoms with Crippen molar-refractivity contribution in [1.82, 2.24) is 24.6 Å². The summed E-state index contributed by atoms with van der Waals surface area (Å²) in [5, 5.41) is 5.65. The molecule has 2 atom stereocenters. The molecule has 1 fully saturated rings. The Hall–Kier alpha value is -3.48. The van der Waals surface area contributed by atoms with Crippen molar-refractivity contribution in [3.63, 3.8) is 0 Å². The molecular weight excluding hydrogens is 402 g/mol. The molecular formula is C25H27N5O2. The van der Waals surface area contributed by atoms with Gasteiger partial charge in [0.2, 0.25) is 5.91 Å². The quantitative estimate of drug-likeness (QED) is 0.529. The fourth-order valence-electron chi connectivity index (χ4n) is 4.65. The summed E-state index contributed by atoms with van der Waals surface area (Å²) in [6, 6.07) is 10.7. The van der Waals surface area contributed by atoms with Crippen LogP contribution in [0.25, 0.3) is 21.8 Å². The molecule has 1 amide bonds. The number of imidazole rings is 1. The Balaban J connectivity index is 1.49. The number of aromatic nitrogens is 4. The third-order valence-electron chi connectivity index (χ3n) is 6.66. The summed E-state index contributed by atoms with van der Waals surface area (Å²) >= 11 is 0. The molecule has 2 aromatic carbocycles. The van der Waals surface area contributed by atoms with Gasteiger partial charge in [0.25, 0.3) is 5.56 Å². The van der Waals surface area contributed by atoms with E-state index in [1.54, 1.807) is 19.2 Å². The van der Waals surface area contributed by atoms with E-state index in [0.29, 0.717) is 11.9 Å². The average molecular weight is 430 g/mol. The van der Waals surface area contributed by atoms with Crippen LogP contribution in [-0.2, 0) is 4.79 Å². The first-order chi connectivity index (χ1) is 15.4. The Kier molecular flexibility index (Phi) is 5.04. The fourth-order valence-corrected chi connectivity index (χ4v) is 4.65. The van der Waals surface area contributed by atoms with Crippen molar-refractivity contribution in [3.8, 4) is 0 Å². The molecule has 7 heteroatoms. The summed E-state index contributed by atoms with van der Waals surface area (Å²) in [7, 11) is 0. The summed E-state index contributed by atoms with van der Waals surface area (Å²) in [5.74, 6) is 0.705. The maximum atomic E-state index is 13.6. The van der Waals surface area contributed by atoms with Crippen LogP contribution in [-0.4, -0.2) is 37.1 Å². The molecule has 4 aromatic rings. The molecule has 7 nitrogen and oxygen atoms in total. The molecule has 0 radical (unpaired) electrons. The molecule has 32 heavy (non-hydrogen) atoms. The number of carbonyl (C=O) groups is 1. The number of aryl methyl sites for hydroxylation is 2. The zero-order valence-electron chi connectivity index (χ0n) is 18.6. The minimum Gasteiger partial charge on any atom is -0.340 e. The normalized spacial score (nSPS) is 17.7. The standard InChI is InChI=1S/C25H27N5O2/c1-15-12-20-21(13-16(15)2)28-23(27-20)22-10-6-7-11-29(22)24(31)17(3)30-25(32)19-9-5-4-8-18(19)14-26-30/h4-5,8-9,12-14,17,22H,6-7,10-11H2,1-3H3,(H,27,28). The van der Waals surface area contributed by atoms with Gasteiger partial charge in [0.1, 0.15) is 11.9 Å². The Morgan fingerprint density at radius 2 is 1.94 bits per heavy atom. The van der Waals surface area contributed by atoms with Gasteiger partial charge in [0.05, 0.1) is 28.7 Å². The molecule has 2 aromatic heterocycles. The van der Waals surface area contributed by atoms with Crippen LogP contribution in [0.4, 0.5) is 0 Å². The van der Waals surface area contributed by atoms with Crippen LogP contribution in [0.1, 0.15) is 55.2 Å². The molecule has 0 bridgehead atoms. The highest BCUT2D eigenvalue weighted by Gasteiger charge is 2.34. The maximum absolute atomic E-state index is 13.6. The molecule has 0 aliphatic carbocycles. The second-order valence-electron chi connectivity index (χ2n) is 8.78. The number of benzene rings is 2. The van der Waals surface area contributed by atoms with Gasteiger partial charge in [0, 0.05) is 11.9 Å². The van der Waals surface area contributed by atoms with Gasteiger partial charge in [-0.15, -0.1) is 0 Å². The summed E-state index contributed by atoms with van der Waals surface area (Å²) < 4.78 is 1.31. The smallest absolute Gasteiger partial charge is 0.275 e. The molecule has 3 heterocycles. The molecule has 1 saturated heterocycles. The third-order valence-corrected chi connectivity index (χ3v) is 6.66. The zero-order chi connectivity index (χ0) is 22.4. The van der Waals surface area contributed by atoms with Crippen LogP contribution >= 0.6 is 0 Å². The number of piperidine rings is 1. The summed E-state index contributed by atoms with van der Waals surface area (Å²) in [6.07, 6.45) is 4.47. The van der Waals surface area contributed by atoms with E-state index in [0.717, 1.165) is 41.5 Å². The lowest BCUT2D eigenvalue weighted by atomic mass is 10.0. The topological polar surface area (TPSA) is 83.9 Å². The van der Waals surface area contributed by atoms with Crippen molar-refractivity contribution in [3.05, 3.63) is 69.9 Å². The molecule has 164 valence electrons. The van der Waals surface area contributed by atoms with Gasteiger partial charge >= 0.3 is 0 Å². The number of rotatable bonds is 3. The van der Waals surface area contributed by atoms with Gasteiger partial charge in [-0.1, -0.05) is 18.2 Å². The molecule has 2 unspecified atom stereocenters. The number of hydrogen-bond acceptors (Lipinski definition) is 4. The highest BCUT2D eigenvalue weighted by Crippen LogP contribution is 2.32. The van der Waals surface area contributed by atoms with Crippen molar-refractivity contribution in [2.75, 3.05) is 6.54 Å². The molecule has 0 spiro atoms. The zero-order valence-corrected chi connectivity index (χ0v) is 18.6. The minimum atomic E-state index is -0.693. The predicted molar refractivity (Wildman–Crippen MR) is 125 cm³/mol. The van der Waals surface area contributed by atoms with Crippen LogP contribution < -0.4 is 5.56 Å². The highest BCUT2D eigenvalue weighted by molar-refractivity contribution is 5.83. The number of amides is 1. The van der Waals surface area contributed by atoms with E-state index in [2.05, 4.69) is 36.1 Å².